The van der Waals surface area contributed by atoms with E-state index < -0.39 is 5.97 Å². The van der Waals surface area contributed by atoms with Crippen molar-refractivity contribution in [3.8, 4) is 12.3 Å². The van der Waals surface area contributed by atoms with E-state index >= 15 is 0 Å². The van der Waals surface area contributed by atoms with Gasteiger partial charge < -0.3 is 9.84 Å². The second kappa shape index (κ2) is 7.36. The zero-order chi connectivity index (χ0) is 11.0. The maximum Gasteiger partial charge on any atom is 0.317 e. The standard InChI is InChI=1S/C10H17NO3/c1-4-6-11(7-10(12)13)9(5-2)8-14-3/h1,9H,5-8H2,2-3H3,(H,12,13). The van der Waals surface area contributed by atoms with Crippen molar-refractivity contribution in [3.05, 3.63) is 0 Å². The highest BCUT2D eigenvalue weighted by molar-refractivity contribution is 5.69. The van der Waals surface area contributed by atoms with Crippen LogP contribution in [0.25, 0.3) is 0 Å². The first kappa shape index (κ1) is 12.9. The molecule has 0 rings (SSSR count). The van der Waals surface area contributed by atoms with Crippen molar-refractivity contribution in [2.24, 2.45) is 0 Å². The van der Waals surface area contributed by atoms with Crippen LogP contribution in [0.3, 0.4) is 0 Å². The molecule has 4 nitrogen and oxygen atoms in total. The molecule has 0 radical (unpaired) electrons. The van der Waals surface area contributed by atoms with Crippen molar-refractivity contribution in [3.63, 3.8) is 0 Å². The second-order valence-electron chi connectivity index (χ2n) is 3.02. The number of carboxylic acid groups (broad SMARTS) is 1. The number of ether oxygens (including phenoxy) is 1. The minimum atomic E-state index is -0.866. The van der Waals surface area contributed by atoms with Crippen molar-refractivity contribution in [1.29, 1.82) is 0 Å². The predicted octanol–water partition coefficient (Wildman–Crippen LogP) is 0.431. The molecule has 0 aromatic rings. The van der Waals surface area contributed by atoms with E-state index in [0.29, 0.717) is 13.2 Å². The summed E-state index contributed by atoms with van der Waals surface area (Å²) in [6, 6.07) is 0.0761. The average molecular weight is 199 g/mol. The van der Waals surface area contributed by atoms with Gasteiger partial charge in [-0.25, -0.2) is 0 Å². The van der Waals surface area contributed by atoms with E-state index in [-0.39, 0.29) is 12.6 Å². The summed E-state index contributed by atoms with van der Waals surface area (Å²) in [7, 11) is 1.59. The Balaban J connectivity index is 4.27. The molecule has 1 unspecified atom stereocenters. The molecular formula is C10H17NO3. The summed E-state index contributed by atoms with van der Waals surface area (Å²) in [5.74, 6) is 1.59. The molecule has 0 aliphatic heterocycles. The van der Waals surface area contributed by atoms with Crippen LogP contribution >= 0.6 is 0 Å². The molecule has 4 heteroatoms. The molecule has 0 amide bonds. The molecule has 0 fully saturated rings. The third-order valence-corrected chi connectivity index (χ3v) is 1.98. The average Bonchev–Trinajstić information content (AvgIpc) is 2.13. The van der Waals surface area contributed by atoms with Gasteiger partial charge in [0, 0.05) is 13.2 Å². The van der Waals surface area contributed by atoms with Gasteiger partial charge in [-0.2, -0.15) is 0 Å². The van der Waals surface area contributed by atoms with Gasteiger partial charge in [0.1, 0.15) is 0 Å². The predicted molar refractivity (Wildman–Crippen MR) is 54.0 cm³/mol. The highest BCUT2D eigenvalue weighted by atomic mass is 16.5. The Morgan fingerprint density at radius 2 is 2.36 bits per heavy atom. The van der Waals surface area contributed by atoms with Crippen LogP contribution in [-0.4, -0.2) is 48.8 Å². The number of methoxy groups -OCH3 is 1. The van der Waals surface area contributed by atoms with Gasteiger partial charge in [-0.3, -0.25) is 9.69 Å². The molecule has 0 aliphatic rings. The maximum absolute atomic E-state index is 10.6. The van der Waals surface area contributed by atoms with Crippen molar-refractivity contribution >= 4 is 5.97 Å². The number of aliphatic carboxylic acids is 1. The lowest BCUT2D eigenvalue weighted by Gasteiger charge is -2.26. The number of carboxylic acids is 1. The zero-order valence-corrected chi connectivity index (χ0v) is 8.69. The third kappa shape index (κ3) is 4.85. The summed E-state index contributed by atoms with van der Waals surface area (Å²) < 4.78 is 5.00. The summed E-state index contributed by atoms with van der Waals surface area (Å²) in [6.07, 6.45) is 5.99. The Labute approximate surface area is 84.9 Å². The van der Waals surface area contributed by atoms with Gasteiger partial charge in [-0.1, -0.05) is 12.8 Å². The van der Waals surface area contributed by atoms with E-state index in [1.807, 2.05) is 6.92 Å². The SMILES string of the molecule is C#CCN(CC(=O)O)C(CC)COC. The maximum atomic E-state index is 10.6. The number of carbonyl (C=O) groups is 1. The highest BCUT2D eigenvalue weighted by Gasteiger charge is 2.18. The van der Waals surface area contributed by atoms with Crippen LogP contribution in [0.5, 0.6) is 0 Å². The largest absolute Gasteiger partial charge is 0.480 e. The fourth-order valence-electron chi connectivity index (χ4n) is 1.28. The quantitative estimate of drug-likeness (QED) is 0.604. The van der Waals surface area contributed by atoms with Crippen LogP contribution in [0, 0.1) is 12.3 Å². The van der Waals surface area contributed by atoms with Gasteiger partial charge in [-0.05, 0) is 6.42 Å². The molecule has 0 heterocycles. The van der Waals surface area contributed by atoms with Crippen LogP contribution in [0.2, 0.25) is 0 Å². The van der Waals surface area contributed by atoms with Crippen LogP contribution in [0.15, 0.2) is 0 Å². The number of hydrogen-bond acceptors (Lipinski definition) is 3. The monoisotopic (exact) mass is 199 g/mol. The lowest BCUT2D eigenvalue weighted by molar-refractivity contribution is -0.139. The van der Waals surface area contributed by atoms with Gasteiger partial charge >= 0.3 is 5.97 Å². The molecule has 1 N–H and O–H groups in total. The van der Waals surface area contributed by atoms with Crippen LogP contribution < -0.4 is 0 Å². The van der Waals surface area contributed by atoms with Crippen LogP contribution in [0.1, 0.15) is 13.3 Å². The minimum absolute atomic E-state index is 0.0356. The molecule has 0 spiro atoms. The Morgan fingerprint density at radius 1 is 1.71 bits per heavy atom. The molecule has 0 aliphatic carbocycles. The first-order valence-electron chi connectivity index (χ1n) is 4.53. The summed E-state index contributed by atoms with van der Waals surface area (Å²) in [4.78, 5) is 12.3. The molecular weight excluding hydrogens is 182 g/mol. The van der Waals surface area contributed by atoms with Gasteiger partial charge in [0.15, 0.2) is 0 Å². The van der Waals surface area contributed by atoms with Crippen molar-refractivity contribution in [1.82, 2.24) is 4.90 Å². The minimum Gasteiger partial charge on any atom is -0.480 e. The molecule has 1 atom stereocenters. The Morgan fingerprint density at radius 3 is 2.71 bits per heavy atom. The van der Waals surface area contributed by atoms with E-state index in [1.165, 1.54) is 0 Å². The summed E-state index contributed by atoms with van der Waals surface area (Å²) in [5, 5.41) is 8.67. The third-order valence-electron chi connectivity index (χ3n) is 1.98. The molecule has 0 saturated carbocycles. The smallest absolute Gasteiger partial charge is 0.317 e. The topological polar surface area (TPSA) is 49.8 Å². The second-order valence-corrected chi connectivity index (χ2v) is 3.02. The normalized spacial score (nSPS) is 12.4. The van der Waals surface area contributed by atoms with E-state index in [2.05, 4.69) is 5.92 Å². The van der Waals surface area contributed by atoms with Crippen molar-refractivity contribution < 1.29 is 14.6 Å². The van der Waals surface area contributed by atoms with E-state index in [4.69, 9.17) is 16.3 Å². The first-order chi connectivity index (χ1) is 6.65. The van der Waals surface area contributed by atoms with E-state index in [1.54, 1.807) is 12.0 Å². The fraction of sp³-hybridized carbons (Fsp3) is 0.700. The molecule has 0 saturated heterocycles. The van der Waals surface area contributed by atoms with E-state index in [0.717, 1.165) is 6.42 Å². The van der Waals surface area contributed by atoms with E-state index in [9.17, 15) is 4.79 Å². The van der Waals surface area contributed by atoms with Crippen molar-refractivity contribution in [2.75, 3.05) is 26.8 Å². The molecule has 80 valence electrons. The number of terminal acetylenes is 1. The molecule has 14 heavy (non-hydrogen) atoms. The molecule has 0 aromatic heterocycles. The summed E-state index contributed by atoms with van der Waals surface area (Å²) in [6.45, 7) is 2.79. The Bertz CT molecular complexity index is 210. The molecule has 0 bridgehead atoms. The Kier molecular flexibility index (Phi) is 6.81. The Hall–Kier alpha value is -1.05. The van der Waals surface area contributed by atoms with Gasteiger partial charge in [0.05, 0.1) is 19.7 Å². The van der Waals surface area contributed by atoms with Gasteiger partial charge in [-0.15, -0.1) is 6.42 Å². The van der Waals surface area contributed by atoms with Gasteiger partial charge in [0.25, 0.3) is 0 Å². The van der Waals surface area contributed by atoms with Crippen LogP contribution in [-0.2, 0) is 9.53 Å². The first-order valence-corrected chi connectivity index (χ1v) is 4.53. The number of hydrogen-bond donors (Lipinski definition) is 1. The zero-order valence-electron chi connectivity index (χ0n) is 8.69. The summed E-state index contributed by atoms with van der Waals surface area (Å²) in [5.41, 5.74) is 0. The highest BCUT2D eigenvalue weighted by Crippen LogP contribution is 2.03. The molecule has 0 aromatic carbocycles. The van der Waals surface area contributed by atoms with Crippen LogP contribution in [0.4, 0.5) is 0 Å². The van der Waals surface area contributed by atoms with Crippen molar-refractivity contribution in [2.45, 2.75) is 19.4 Å². The summed E-state index contributed by atoms with van der Waals surface area (Å²) >= 11 is 0. The fourth-order valence-corrected chi connectivity index (χ4v) is 1.28. The lowest BCUT2D eigenvalue weighted by Crippen LogP contribution is -2.41. The number of nitrogens with zero attached hydrogens (tertiary/aromatic N) is 1. The lowest BCUT2D eigenvalue weighted by atomic mass is 10.2. The van der Waals surface area contributed by atoms with Gasteiger partial charge in [0.2, 0.25) is 0 Å². The number of rotatable bonds is 7.